The van der Waals surface area contributed by atoms with E-state index in [9.17, 15) is 4.79 Å². The second-order valence-corrected chi connectivity index (χ2v) is 9.60. The first-order chi connectivity index (χ1) is 16.5. The number of urea groups is 1. The van der Waals surface area contributed by atoms with Crippen molar-refractivity contribution in [1.29, 1.82) is 0 Å². The van der Waals surface area contributed by atoms with E-state index in [1.807, 2.05) is 42.2 Å². The Hall–Kier alpha value is -3.18. The van der Waals surface area contributed by atoms with Gasteiger partial charge in [0.1, 0.15) is 0 Å². The number of hydrogen-bond donors (Lipinski definition) is 1. The molecule has 2 heterocycles. The summed E-state index contributed by atoms with van der Waals surface area (Å²) in [5.41, 5.74) is 5.34. The van der Waals surface area contributed by atoms with Crippen molar-refractivity contribution in [3.05, 3.63) is 95.3 Å². The molecule has 2 amide bonds. The number of nitrogens with zero attached hydrogens (tertiary/aromatic N) is 3. The van der Waals surface area contributed by atoms with Gasteiger partial charge in [-0.1, -0.05) is 62.4 Å². The number of aromatic nitrogens is 1. The lowest BCUT2D eigenvalue weighted by Gasteiger charge is -2.38. The van der Waals surface area contributed by atoms with Crippen LogP contribution in [0.4, 0.5) is 10.5 Å². The van der Waals surface area contributed by atoms with Gasteiger partial charge in [-0.25, -0.2) is 4.79 Å². The maximum absolute atomic E-state index is 13.5. The molecule has 0 unspecified atom stereocenters. The molecule has 178 valence electrons. The Morgan fingerprint density at radius 2 is 1.71 bits per heavy atom. The highest BCUT2D eigenvalue weighted by atomic mass is 16.2. The van der Waals surface area contributed by atoms with Crippen molar-refractivity contribution in [3.8, 4) is 0 Å². The van der Waals surface area contributed by atoms with Crippen molar-refractivity contribution >= 4 is 11.7 Å². The van der Waals surface area contributed by atoms with Crippen LogP contribution in [-0.4, -0.2) is 39.9 Å². The zero-order chi connectivity index (χ0) is 23.9. The minimum Gasteiger partial charge on any atom is -0.316 e. The van der Waals surface area contributed by atoms with E-state index in [-0.39, 0.29) is 12.1 Å². The highest BCUT2D eigenvalue weighted by Gasteiger charge is 2.28. The van der Waals surface area contributed by atoms with Crippen molar-refractivity contribution < 1.29 is 4.79 Å². The van der Waals surface area contributed by atoms with Gasteiger partial charge in [-0.15, -0.1) is 0 Å². The molecule has 0 bridgehead atoms. The number of nitrogens with one attached hydrogen (secondary N) is 1. The molecule has 0 atom stereocenters. The summed E-state index contributed by atoms with van der Waals surface area (Å²) in [6, 6.07) is 24.9. The normalized spacial score (nSPS) is 14.8. The fourth-order valence-corrected chi connectivity index (χ4v) is 4.61. The van der Waals surface area contributed by atoms with Gasteiger partial charge in [-0.05, 0) is 61.1 Å². The molecule has 0 saturated carbocycles. The molecule has 1 N–H and O–H groups in total. The predicted octanol–water partition coefficient (Wildman–Crippen LogP) is 6.21. The smallest absolute Gasteiger partial charge is 0.316 e. The van der Waals surface area contributed by atoms with Gasteiger partial charge in [-0.3, -0.25) is 9.88 Å². The summed E-state index contributed by atoms with van der Waals surface area (Å²) in [5, 5.41) is 3.14. The lowest BCUT2D eigenvalue weighted by atomic mass is 10.0. The molecular weight excluding hydrogens is 420 g/mol. The van der Waals surface area contributed by atoms with Crippen molar-refractivity contribution in [2.45, 2.75) is 58.7 Å². The highest BCUT2D eigenvalue weighted by molar-refractivity contribution is 5.89. The molecule has 2 aromatic carbocycles. The molecule has 0 radical (unpaired) electrons. The SMILES string of the molecule is Cc1cccc(CN(C(=O)Nc2ccc(C(C)C)cc2)C2CCN(Cc3ccccc3)CC2)n1. The van der Waals surface area contributed by atoms with E-state index in [2.05, 4.69) is 71.5 Å². The third-order valence-electron chi connectivity index (χ3n) is 6.61. The molecule has 5 heteroatoms. The standard InChI is InChI=1S/C29H36N4O/c1-22(2)25-12-14-26(15-13-25)31-29(34)33(21-27-11-7-8-23(3)30-27)28-16-18-32(19-17-28)20-24-9-5-4-6-10-24/h4-15,22,28H,16-21H2,1-3H3,(H,31,34). The van der Waals surface area contributed by atoms with E-state index in [1.54, 1.807) is 0 Å². The number of carbonyl (C=O) groups is 1. The second kappa shape index (κ2) is 11.3. The minimum absolute atomic E-state index is 0.0536. The van der Waals surface area contributed by atoms with Gasteiger partial charge in [0.05, 0.1) is 12.2 Å². The number of carbonyl (C=O) groups excluding carboxylic acids is 1. The monoisotopic (exact) mass is 456 g/mol. The summed E-state index contributed by atoms with van der Waals surface area (Å²) in [6.07, 6.45) is 1.91. The van der Waals surface area contributed by atoms with Crippen molar-refractivity contribution in [1.82, 2.24) is 14.8 Å². The Morgan fingerprint density at radius 3 is 2.35 bits per heavy atom. The average molecular weight is 457 g/mol. The molecule has 5 nitrogen and oxygen atoms in total. The molecule has 1 saturated heterocycles. The molecule has 3 aromatic rings. The van der Waals surface area contributed by atoms with Crippen LogP contribution in [0.25, 0.3) is 0 Å². The highest BCUT2D eigenvalue weighted by Crippen LogP contribution is 2.23. The Kier molecular flexibility index (Phi) is 7.96. The Morgan fingerprint density at radius 1 is 1.00 bits per heavy atom. The molecule has 4 rings (SSSR count). The van der Waals surface area contributed by atoms with Gasteiger partial charge >= 0.3 is 6.03 Å². The van der Waals surface area contributed by atoms with Gasteiger partial charge in [-0.2, -0.15) is 0 Å². The van der Waals surface area contributed by atoms with Crippen LogP contribution in [0.1, 0.15) is 55.1 Å². The fourth-order valence-electron chi connectivity index (χ4n) is 4.61. The number of anilines is 1. The van der Waals surface area contributed by atoms with Gasteiger partial charge < -0.3 is 10.2 Å². The summed E-state index contributed by atoms with van der Waals surface area (Å²) in [6.45, 7) is 9.78. The van der Waals surface area contributed by atoms with E-state index in [1.165, 1.54) is 11.1 Å². The predicted molar refractivity (Wildman–Crippen MR) is 139 cm³/mol. The summed E-state index contributed by atoms with van der Waals surface area (Å²) < 4.78 is 0. The number of hydrogen-bond acceptors (Lipinski definition) is 3. The lowest BCUT2D eigenvalue weighted by molar-refractivity contribution is 0.119. The van der Waals surface area contributed by atoms with Gasteiger partial charge in [0.2, 0.25) is 0 Å². The van der Waals surface area contributed by atoms with Crippen LogP contribution in [0, 0.1) is 6.92 Å². The maximum atomic E-state index is 13.5. The van der Waals surface area contributed by atoms with Crippen LogP contribution in [0.5, 0.6) is 0 Å². The summed E-state index contributed by atoms with van der Waals surface area (Å²) >= 11 is 0. The molecule has 0 spiro atoms. The zero-order valence-electron chi connectivity index (χ0n) is 20.6. The molecule has 1 fully saturated rings. The number of amides is 2. The number of aryl methyl sites for hydroxylation is 1. The number of benzene rings is 2. The molecule has 1 aliphatic heterocycles. The Balaban J connectivity index is 1.44. The van der Waals surface area contributed by atoms with Crippen LogP contribution < -0.4 is 5.32 Å². The van der Waals surface area contributed by atoms with E-state index < -0.39 is 0 Å². The van der Waals surface area contributed by atoms with Crippen LogP contribution in [0.2, 0.25) is 0 Å². The van der Waals surface area contributed by atoms with E-state index in [4.69, 9.17) is 0 Å². The van der Waals surface area contributed by atoms with Crippen molar-refractivity contribution in [2.75, 3.05) is 18.4 Å². The number of piperidine rings is 1. The van der Waals surface area contributed by atoms with Crippen LogP contribution in [0.15, 0.2) is 72.8 Å². The third-order valence-corrected chi connectivity index (χ3v) is 6.61. The van der Waals surface area contributed by atoms with E-state index in [0.717, 1.165) is 49.6 Å². The largest absolute Gasteiger partial charge is 0.322 e. The topological polar surface area (TPSA) is 48.5 Å². The van der Waals surface area contributed by atoms with Gasteiger partial charge in [0.25, 0.3) is 0 Å². The lowest BCUT2D eigenvalue weighted by Crippen LogP contribution is -2.48. The van der Waals surface area contributed by atoms with Gasteiger partial charge in [0.15, 0.2) is 0 Å². The first kappa shape index (κ1) is 24.0. The van der Waals surface area contributed by atoms with Crippen LogP contribution in [0.3, 0.4) is 0 Å². The average Bonchev–Trinajstić information content (AvgIpc) is 2.84. The fraction of sp³-hybridized carbons (Fsp3) is 0.379. The van der Waals surface area contributed by atoms with E-state index in [0.29, 0.717) is 12.5 Å². The number of rotatable bonds is 7. The van der Waals surface area contributed by atoms with Gasteiger partial charge in [0, 0.05) is 37.1 Å². The van der Waals surface area contributed by atoms with Crippen LogP contribution in [-0.2, 0) is 13.1 Å². The second-order valence-electron chi connectivity index (χ2n) is 9.60. The Bertz CT molecular complexity index is 1060. The molecule has 34 heavy (non-hydrogen) atoms. The molecule has 0 aliphatic carbocycles. The zero-order valence-corrected chi connectivity index (χ0v) is 20.6. The van der Waals surface area contributed by atoms with E-state index >= 15 is 0 Å². The molecular formula is C29H36N4O. The first-order valence-electron chi connectivity index (χ1n) is 12.3. The number of pyridine rings is 1. The molecule has 1 aliphatic rings. The van der Waals surface area contributed by atoms with Crippen molar-refractivity contribution in [2.24, 2.45) is 0 Å². The maximum Gasteiger partial charge on any atom is 0.322 e. The summed E-state index contributed by atoms with van der Waals surface area (Å²) in [5.74, 6) is 0.467. The third kappa shape index (κ3) is 6.45. The molecule has 1 aromatic heterocycles. The minimum atomic E-state index is -0.0536. The van der Waals surface area contributed by atoms with Crippen LogP contribution >= 0.6 is 0 Å². The van der Waals surface area contributed by atoms with Crippen molar-refractivity contribution in [3.63, 3.8) is 0 Å². The quantitative estimate of drug-likeness (QED) is 0.460. The Labute approximate surface area is 203 Å². The number of likely N-dealkylation sites (tertiary alicyclic amines) is 1. The first-order valence-corrected chi connectivity index (χ1v) is 12.3. The summed E-state index contributed by atoms with van der Waals surface area (Å²) in [7, 11) is 0. The summed E-state index contributed by atoms with van der Waals surface area (Å²) in [4.78, 5) is 22.6.